The number of hydrogen-bond acceptors (Lipinski definition) is 3. The van der Waals surface area contributed by atoms with Crippen molar-refractivity contribution >= 4 is 12.1 Å². The molecule has 1 amide bonds. The van der Waals surface area contributed by atoms with Crippen LogP contribution in [0.25, 0.3) is 0 Å². The summed E-state index contributed by atoms with van der Waals surface area (Å²) in [7, 11) is 0. The summed E-state index contributed by atoms with van der Waals surface area (Å²) >= 11 is 0. The predicted molar refractivity (Wildman–Crippen MR) is 65.2 cm³/mol. The Morgan fingerprint density at radius 3 is 2.11 bits per heavy atom. The van der Waals surface area contributed by atoms with Gasteiger partial charge in [0.2, 0.25) is 0 Å². The van der Waals surface area contributed by atoms with Crippen LogP contribution in [0, 0.1) is 5.41 Å². The van der Waals surface area contributed by atoms with Crippen LogP contribution in [0.4, 0.5) is 9.18 Å². The molecule has 0 radical (unpaired) electrons. The van der Waals surface area contributed by atoms with Crippen LogP contribution in [0.15, 0.2) is 0 Å². The van der Waals surface area contributed by atoms with E-state index in [4.69, 9.17) is 9.84 Å². The fourth-order valence-corrected chi connectivity index (χ4v) is 1.26. The molecule has 0 aliphatic rings. The topological polar surface area (TPSA) is 75.6 Å². The molecular weight excluding hydrogens is 241 g/mol. The fourth-order valence-electron chi connectivity index (χ4n) is 1.26. The molecule has 0 aromatic carbocycles. The Bertz CT molecular complexity index is 310. The molecule has 5 nitrogen and oxygen atoms in total. The number of carboxylic acids is 1. The lowest BCUT2D eigenvalue weighted by Crippen LogP contribution is -2.45. The Hall–Kier alpha value is -1.33. The third-order valence-electron chi connectivity index (χ3n) is 2.11. The number of carbonyl (C=O) groups is 2. The molecule has 1 unspecified atom stereocenters. The van der Waals surface area contributed by atoms with Crippen LogP contribution in [-0.2, 0) is 9.53 Å². The highest BCUT2D eigenvalue weighted by Gasteiger charge is 2.30. The Kier molecular flexibility index (Phi) is 5.57. The van der Waals surface area contributed by atoms with Gasteiger partial charge in [-0.1, -0.05) is 13.8 Å². The number of nitrogens with one attached hydrogen (secondary N) is 1. The van der Waals surface area contributed by atoms with E-state index in [1.807, 2.05) is 0 Å². The molecule has 1 atom stereocenters. The van der Waals surface area contributed by atoms with E-state index in [0.717, 1.165) is 0 Å². The van der Waals surface area contributed by atoms with Crippen molar-refractivity contribution in [3.05, 3.63) is 0 Å². The Morgan fingerprint density at radius 1 is 1.28 bits per heavy atom. The number of hydrogen-bond donors (Lipinski definition) is 2. The highest BCUT2D eigenvalue weighted by atomic mass is 19.1. The quantitative estimate of drug-likeness (QED) is 0.798. The summed E-state index contributed by atoms with van der Waals surface area (Å²) in [5.41, 5.74) is -1.51. The van der Waals surface area contributed by atoms with Crippen LogP contribution < -0.4 is 5.32 Å². The molecule has 106 valence electrons. The van der Waals surface area contributed by atoms with Crippen molar-refractivity contribution in [2.45, 2.75) is 52.7 Å². The lowest BCUT2D eigenvalue weighted by molar-refractivity contribution is -0.140. The Labute approximate surface area is 107 Å². The highest BCUT2D eigenvalue weighted by molar-refractivity contribution is 5.80. The molecule has 2 N–H and O–H groups in total. The van der Waals surface area contributed by atoms with Crippen molar-refractivity contribution in [1.82, 2.24) is 5.32 Å². The van der Waals surface area contributed by atoms with E-state index in [0.29, 0.717) is 0 Å². The summed E-state index contributed by atoms with van der Waals surface area (Å²) in [5, 5.41) is 11.2. The summed E-state index contributed by atoms with van der Waals surface area (Å²) < 4.78 is 17.6. The normalized spacial score (nSPS) is 13.9. The molecule has 0 saturated heterocycles. The van der Waals surface area contributed by atoms with E-state index in [9.17, 15) is 14.0 Å². The molecule has 6 heteroatoms. The maximum atomic E-state index is 12.7. The average molecular weight is 263 g/mol. The standard InChI is InChI=1S/C12H22FNO4/c1-11(2,3)18-10(17)14-8(9(15)16)6-12(4,5)7-13/h8H,6-7H2,1-5H3,(H,14,17)(H,15,16). The van der Waals surface area contributed by atoms with Gasteiger partial charge in [0.05, 0.1) is 6.67 Å². The molecule has 0 aliphatic carbocycles. The van der Waals surface area contributed by atoms with Crippen molar-refractivity contribution in [3.63, 3.8) is 0 Å². The maximum Gasteiger partial charge on any atom is 0.408 e. The second-order valence-corrected chi connectivity index (χ2v) is 6.04. The predicted octanol–water partition coefficient (Wildman–Crippen LogP) is 2.35. The molecule has 0 spiro atoms. The maximum absolute atomic E-state index is 12.7. The molecule has 0 saturated carbocycles. The second-order valence-electron chi connectivity index (χ2n) is 6.04. The fraction of sp³-hybridized carbons (Fsp3) is 0.833. The largest absolute Gasteiger partial charge is 0.480 e. The van der Waals surface area contributed by atoms with Gasteiger partial charge in [0.25, 0.3) is 0 Å². The zero-order valence-electron chi connectivity index (χ0n) is 11.5. The van der Waals surface area contributed by atoms with E-state index in [1.54, 1.807) is 34.6 Å². The van der Waals surface area contributed by atoms with Gasteiger partial charge < -0.3 is 15.2 Å². The van der Waals surface area contributed by atoms with E-state index >= 15 is 0 Å². The summed E-state index contributed by atoms with van der Waals surface area (Å²) in [6.07, 6.45) is -0.817. The molecule has 0 aliphatic heterocycles. The minimum absolute atomic E-state index is 0.00191. The molecule has 0 aromatic rings. The van der Waals surface area contributed by atoms with E-state index in [1.165, 1.54) is 0 Å². The smallest absolute Gasteiger partial charge is 0.408 e. The van der Waals surface area contributed by atoms with E-state index in [2.05, 4.69) is 5.32 Å². The molecule has 0 bridgehead atoms. The Morgan fingerprint density at radius 2 is 1.78 bits per heavy atom. The molecule has 0 rings (SSSR count). The van der Waals surface area contributed by atoms with Crippen LogP contribution >= 0.6 is 0 Å². The van der Waals surface area contributed by atoms with Gasteiger partial charge in [-0.05, 0) is 32.6 Å². The minimum atomic E-state index is -1.21. The van der Waals surface area contributed by atoms with E-state index in [-0.39, 0.29) is 6.42 Å². The molecule has 0 heterocycles. The number of aliphatic carboxylic acids is 1. The van der Waals surface area contributed by atoms with Gasteiger partial charge in [0.15, 0.2) is 0 Å². The van der Waals surface area contributed by atoms with Crippen molar-refractivity contribution in [3.8, 4) is 0 Å². The number of amides is 1. The van der Waals surface area contributed by atoms with Crippen LogP contribution in [-0.4, -0.2) is 35.5 Å². The first-order chi connectivity index (χ1) is 7.97. The minimum Gasteiger partial charge on any atom is -0.480 e. The van der Waals surface area contributed by atoms with Crippen molar-refractivity contribution < 1.29 is 23.8 Å². The van der Waals surface area contributed by atoms with Crippen LogP contribution in [0.5, 0.6) is 0 Å². The van der Waals surface area contributed by atoms with Gasteiger partial charge in [0.1, 0.15) is 11.6 Å². The highest BCUT2D eigenvalue weighted by Crippen LogP contribution is 2.23. The first-order valence-corrected chi connectivity index (χ1v) is 5.75. The average Bonchev–Trinajstić information content (AvgIpc) is 2.13. The van der Waals surface area contributed by atoms with Crippen molar-refractivity contribution in [2.24, 2.45) is 5.41 Å². The molecular formula is C12H22FNO4. The molecule has 0 fully saturated rings. The summed E-state index contributed by atoms with van der Waals surface area (Å²) in [5.74, 6) is -1.21. The number of ether oxygens (including phenoxy) is 1. The van der Waals surface area contributed by atoms with Crippen molar-refractivity contribution in [1.29, 1.82) is 0 Å². The lowest BCUT2D eigenvalue weighted by Gasteiger charge is -2.26. The number of halogens is 1. The van der Waals surface area contributed by atoms with Gasteiger partial charge in [-0.25, -0.2) is 9.59 Å². The zero-order valence-corrected chi connectivity index (χ0v) is 11.5. The van der Waals surface area contributed by atoms with Gasteiger partial charge >= 0.3 is 12.1 Å². The monoisotopic (exact) mass is 263 g/mol. The van der Waals surface area contributed by atoms with Gasteiger partial charge in [-0.3, -0.25) is 4.39 Å². The Balaban J connectivity index is 4.56. The SMILES string of the molecule is CC(C)(CF)CC(NC(=O)OC(C)(C)C)C(=O)O. The molecule has 0 aromatic heterocycles. The first kappa shape index (κ1) is 16.7. The summed E-state index contributed by atoms with van der Waals surface area (Å²) in [4.78, 5) is 22.5. The second kappa shape index (κ2) is 6.02. The van der Waals surface area contributed by atoms with Crippen LogP contribution in [0.3, 0.4) is 0 Å². The first-order valence-electron chi connectivity index (χ1n) is 5.75. The summed E-state index contributed by atoms with van der Waals surface area (Å²) in [6.45, 7) is 7.56. The van der Waals surface area contributed by atoms with Gasteiger partial charge in [0, 0.05) is 0 Å². The van der Waals surface area contributed by atoms with Gasteiger partial charge in [-0.15, -0.1) is 0 Å². The third kappa shape index (κ3) is 7.09. The number of carboxylic acid groups (broad SMARTS) is 1. The van der Waals surface area contributed by atoms with Crippen LogP contribution in [0.1, 0.15) is 41.0 Å². The number of alkyl carbamates (subject to hydrolysis) is 1. The summed E-state index contributed by atoms with van der Waals surface area (Å²) in [6, 6.07) is -1.16. The third-order valence-corrected chi connectivity index (χ3v) is 2.11. The van der Waals surface area contributed by atoms with Gasteiger partial charge in [-0.2, -0.15) is 0 Å². The number of rotatable bonds is 5. The van der Waals surface area contributed by atoms with Crippen molar-refractivity contribution in [2.75, 3.05) is 6.67 Å². The lowest BCUT2D eigenvalue weighted by atomic mass is 9.87. The number of carbonyl (C=O) groups excluding carboxylic acids is 1. The zero-order chi connectivity index (χ0) is 14.6. The molecule has 18 heavy (non-hydrogen) atoms. The van der Waals surface area contributed by atoms with Crippen LogP contribution in [0.2, 0.25) is 0 Å². The van der Waals surface area contributed by atoms with E-state index < -0.39 is 35.8 Å². The number of alkyl halides is 1.